The highest BCUT2D eigenvalue weighted by atomic mass is 19.1. The normalized spacial score (nSPS) is 10.9. The molecule has 28 heavy (non-hydrogen) atoms. The number of pyridine rings is 1. The second kappa shape index (κ2) is 7.99. The van der Waals surface area contributed by atoms with E-state index in [-0.39, 0.29) is 5.82 Å². The molecule has 0 bridgehead atoms. The first-order valence-corrected chi connectivity index (χ1v) is 9.04. The van der Waals surface area contributed by atoms with Gasteiger partial charge in [-0.1, -0.05) is 25.1 Å². The second-order valence-corrected chi connectivity index (χ2v) is 6.16. The van der Waals surface area contributed by atoms with Crippen molar-refractivity contribution in [2.24, 2.45) is 0 Å². The van der Waals surface area contributed by atoms with Crippen molar-refractivity contribution in [2.45, 2.75) is 19.9 Å². The van der Waals surface area contributed by atoms with E-state index in [0.29, 0.717) is 41.9 Å². The summed E-state index contributed by atoms with van der Waals surface area (Å²) in [6.45, 7) is 3.15. The summed E-state index contributed by atoms with van der Waals surface area (Å²) in [6.07, 6.45) is 2.62. The van der Waals surface area contributed by atoms with Crippen LogP contribution in [0.5, 0.6) is 5.88 Å². The van der Waals surface area contributed by atoms with Crippen molar-refractivity contribution in [3.63, 3.8) is 0 Å². The lowest BCUT2D eigenvalue weighted by Gasteiger charge is -2.11. The molecular formula is C20H19FN6O. The Morgan fingerprint density at radius 3 is 2.82 bits per heavy atom. The van der Waals surface area contributed by atoms with Crippen LogP contribution in [0.3, 0.4) is 0 Å². The molecule has 0 aliphatic heterocycles. The first kappa shape index (κ1) is 17.8. The molecule has 7 nitrogen and oxygen atoms in total. The van der Waals surface area contributed by atoms with Gasteiger partial charge >= 0.3 is 0 Å². The van der Waals surface area contributed by atoms with Crippen LogP contribution in [0.25, 0.3) is 17.0 Å². The number of nitrogens with zero attached hydrogens (tertiary/aromatic N) is 5. The lowest BCUT2D eigenvalue weighted by atomic mass is 10.2. The number of fused-ring (bicyclic) bond motifs is 1. The monoisotopic (exact) mass is 378 g/mol. The molecule has 0 radical (unpaired) electrons. The Kier molecular flexibility index (Phi) is 5.09. The lowest BCUT2D eigenvalue weighted by molar-refractivity contribution is 0.302. The number of halogens is 1. The summed E-state index contributed by atoms with van der Waals surface area (Å²) in [5.74, 6) is 1.19. The van der Waals surface area contributed by atoms with E-state index in [9.17, 15) is 4.39 Å². The molecule has 0 aliphatic rings. The molecule has 0 unspecified atom stereocenters. The minimum atomic E-state index is -0.370. The third-order valence-electron chi connectivity index (χ3n) is 4.13. The van der Waals surface area contributed by atoms with Crippen LogP contribution in [-0.2, 0) is 6.54 Å². The largest absolute Gasteiger partial charge is 0.477 e. The van der Waals surface area contributed by atoms with Crippen LogP contribution in [-0.4, -0.2) is 31.4 Å². The van der Waals surface area contributed by atoms with E-state index in [1.807, 2.05) is 19.1 Å². The summed E-state index contributed by atoms with van der Waals surface area (Å²) in [6, 6.07) is 13.8. The molecule has 4 aromatic rings. The number of aromatic nitrogens is 5. The first-order valence-electron chi connectivity index (χ1n) is 9.04. The van der Waals surface area contributed by atoms with Gasteiger partial charge in [-0.25, -0.2) is 9.37 Å². The summed E-state index contributed by atoms with van der Waals surface area (Å²) in [7, 11) is 0. The van der Waals surface area contributed by atoms with Crippen LogP contribution in [0.4, 0.5) is 10.2 Å². The number of anilines is 1. The summed E-state index contributed by atoms with van der Waals surface area (Å²) in [5.41, 5.74) is 1.82. The lowest BCUT2D eigenvalue weighted by Crippen LogP contribution is -2.08. The maximum Gasteiger partial charge on any atom is 0.218 e. The molecule has 0 fully saturated rings. The van der Waals surface area contributed by atoms with Gasteiger partial charge < -0.3 is 10.1 Å². The molecule has 0 aliphatic carbocycles. The van der Waals surface area contributed by atoms with E-state index >= 15 is 0 Å². The Balaban J connectivity index is 1.59. The van der Waals surface area contributed by atoms with Crippen molar-refractivity contribution in [2.75, 3.05) is 11.9 Å². The molecule has 0 amide bonds. The standard InChI is InChI=1S/C20H19FN6O/c1-2-12-28-20-14(6-5-11-22-20)13-23-17-9-10-18-24-25-19(27(18)26-17)15-7-3-4-8-16(15)21/h3-11H,2,12-13H2,1H3,(H,23,26). The SMILES string of the molecule is CCCOc1ncccc1CNc1ccc2nnc(-c3ccccc3F)n2n1. The van der Waals surface area contributed by atoms with Crippen molar-refractivity contribution < 1.29 is 9.13 Å². The average Bonchev–Trinajstić information content (AvgIpc) is 3.14. The third kappa shape index (κ3) is 3.62. The smallest absolute Gasteiger partial charge is 0.218 e. The fraction of sp³-hybridized carbons (Fsp3) is 0.200. The van der Waals surface area contributed by atoms with Crippen LogP contribution < -0.4 is 10.1 Å². The van der Waals surface area contributed by atoms with E-state index in [4.69, 9.17) is 4.74 Å². The van der Waals surface area contributed by atoms with Crippen molar-refractivity contribution in [1.82, 2.24) is 24.8 Å². The van der Waals surface area contributed by atoms with Gasteiger partial charge in [0.15, 0.2) is 11.5 Å². The number of nitrogens with one attached hydrogen (secondary N) is 1. The number of benzene rings is 1. The van der Waals surface area contributed by atoms with E-state index in [1.54, 1.807) is 36.5 Å². The molecule has 0 saturated heterocycles. The molecule has 4 rings (SSSR count). The highest BCUT2D eigenvalue weighted by molar-refractivity contribution is 5.60. The average molecular weight is 378 g/mol. The van der Waals surface area contributed by atoms with E-state index < -0.39 is 0 Å². The summed E-state index contributed by atoms with van der Waals surface area (Å²) >= 11 is 0. The van der Waals surface area contributed by atoms with Gasteiger partial charge in [0.25, 0.3) is 0 Å². The number of hydrogen-bond donors (Lipinski definition) is 1. The number of rotatable bonds is 7. The minimum Gasteiger partial charge on any atom is -0.477 e. The molecule has 142 valence electrons. The second-order valence-electron chi connectivity index (χ2n) is 6.16. The van der Waals surface area contributed by atoms with Gasteiger partial charge in [0.2, 0.25) is 5.88 Å². The minimum absolute atomic E-state index is 0.349. The zero-order valence-electron chi connectivity index (χ0n) is 15.3. The highest BCUT2D eigenvalue weighted by Crippen LogP contribution is 2.22. The molecule has 1 aromatic carbocycles. The summed E-state index contributed by atoms with van der Waals surface area (Å²) < 4.78 is 21.4. The van der Waals surface area contributed by atoms with Gasteiger partial charge in [-0.3, -0.25) is 0 Å². The Labute approximate surface area is 161 Å². The zero-order valence-corrected chi connectivity index (χ0v) is 15.3. The Morgan fingerprint density at radius 2 is 1.96 bits per heavy atom. The molecule has 3 heterocycles. The van der Waals surface area contributed by atoms with E-state index in [2.05, 4.69) is 25.6 Å². The van der Waals surface area contributed by atoms with Crippen LogP contribution in [0.15, 0.2) is 54.7 Å². The van der Waals surface area contributed by atoms with Gasteiger partial charge in [-0.15, -0.1) is 15.3 Å². The molecule has 8 heteroatoms. The molecule has 1 N–H and O–H groups in total. The predicted molar refractivity (Wildman–Crippen MR) is 104 cm³/mol. The molecular weight excluding hydrogens is 359 g/mol. The van der Waals surface area contributed by atoms with Crippen LogP contribution in [0.1, 0.15) is 18.9 Å². The van der Waals surface area contributed by atoms with Gasteiger partial charge in [0.1, 0.15) is 11.6 Å². The quantitative estimate of drug-likeness (QED) is 0.528. The zero-order chi connectivity index (χ0) is 19.3. The van der Waals surface area contributed by atoms with E-state index in [0.717, 1.165) is 12.0 Å². The van der Waals surface area contributed by atoms with Gasteiger partial charge in [0, 0.05) is 18.3 Å². The molecule has 0 spiro atoms. The van der Waals surface area contributed by atoms with Crippen LogP contribution in [0, 0.1) is 5.82 Å². The van der Waals surface area contributed by atoms with Crippen molar-refractivity contribution in [3.05, 3.63) is 66.1 Å². The summed E-state index contributed by atoms with van der Waals surface area (Å²) in [5, 5.41) is 15.9. The highest BCUT2D eigenvalue weighted by Gasteiger charge is 2.13. The molecule has 0 saturated carbocycles. The maximum atomic E-state index is 14.2. The topological polar surface area (TPSA) is 77.2 Å². The van der Waals surface area contributed by atoms with Crippen molar-refractivity contribution in [3.8, 4) is 17.3 Å². The number of ether oxygens (including phenoxy) is 1. The van der Waals surface area contributed by atoms with Gasteiger partial charge in [0.05, 0.1) is 12.2 Å². The third-order valence-corrected chi connectivity index (χ3v) is 4.13. The summed E-state index contributed by atoms with van der Waals surface area (Å²) in [4.78, 5) is 4.28. The Bertz CT molecular complexity index is 1100. The Hall–Kier alpha value is -3.55. The van der Waals surface area contributed by atoms with Crippen LogP contribution >= 0.6 is 0 Å². The van der Waals surface area contributed by atoms with Crippen LogP contribution in [0.2, 0.25) is 0 Å². The molecule has 3 aromatic heterocycles. The van der Waals surface area contributed by atoms with Gasteiger partial charge in [-0.05, 0) is 36.8 Å². The Morgan fingerprint density at radius 1 is 1.07 bits per heavy atom. The number of hydrogen-bond acceptors (Lipinski definition) is 6. The first-order chi connectivity index (χ1) is 13.8. The van der Waals surface area contributed by atoms with Crippen molar-refractivity contribution in [1.29, 1.82) is 0 Å². The van der Waals surface area contributed by atoms with Gasteiger partial charge in [-0.2, -0.15) is 4.52 Å². The maximum absolute atomic E-state index is 14.2. The molecule has 0 atom stereocenters. The fourth-order valence-electron chi connectivity index (χ4n) is 2.77. The van der Waals surface area contributed by atoms with E-state index in [1.165, 1.54) is 10.6 Å². The van der Waals surface area contributed by atoms with Crippen molar-refractivity contribution >= 4 is 11.5 Å². The predicted octanol–water partition coefficient (Wildman–Crippen LogP) is 3.73. The fourth-order valence-corrected chi connectivity index (χ4v) is 2.77.